The molecule has 1 saturated heterocycles. The van der Waals surface area contributed by atoms with Gasteiger partial charge in [-0.2, -0.15) is 0 Å². The standard InChI is InChI=1S/C13H24N2O2/c1-9(15-11(16)17-12(2,3)4)10-7-14-8-13(10)5-6-13/h9-10,14H,5-8H2,1-4H3,(H,15,16). The zero-order chi connectivity index (χ0) is 12.7. The van der Waals surface area contributed by atoms with E-state index in [0.717, 1.165) is 13.1 Å². The number of carbonyl (C=O) groups is 1. The highest BCUT2D eigenvalue weighted by Crippen LogP contribution is 2.54. The van der Waals surface area contributed by atoms with E-state index in [9.17, 15) is 4.79 Å². The molecule has 0 bridgehead atoms. The lowest BCUT2D eigenvalue weighted by atomic mass is 9.87. The van der Waals surface area contributed by atoms with Crippen LogP contribution in [0.1, 0.15) is 40.5 Å². The molecule has 0 aromatic heterocycles. The van der Waals surface area contributed by atoms with Gasteiger partial charge in [0.15, 0.2) is 0 Å². The number of hydrogen-bond acceptors (Lipinski definition) is 3. The number of alkyl carbamates (subject to hydrolysis) is 1. The van der Waals surface area contributed by atoms with Gasteiger partial charge < -0.3 is 15.4 Å². The van der Waals surface area contributed by atoms with E-state index in [0.29, 0.717) is 11.3 Å². The molecule has 1 aliphatic carbocycles. The molecule has 4 heteroatoms. The maximum Gasteiger partial charge on any atom is 0.407 e. The molecular formula is C13H24N2O2. The number of amides is 1. The van der Waals surface area contributed by atoms with Gasteiger partial charge in [0.2, 0.25) is 0 Å². The third-order valence-corrected chi connectivity index (χ3v) is 3.87. The van der Waals surface area contributed by atoms with Crippen LogP contribution in [0, 0.1) is 11.3 Å². The molecule has 2 N–H and O–H groups in total. The van der Waals surface area contributed by atoms with Crippen LogP contribution < -0.4 is 10.6 Å². The van der Waals surface area contributed by atoms with Gasteiger partial charge in [-0.25, -0.2) is 4.79 Å². The molecular weight excluding hydrogens is 216 g/mol. The van der Waals surface area contributed by atoms with Crippen LogP contribution in [0.2, 0.25) is 0 Å². The topological polar surface area (TPSA) is 50.4 Å². The maximum absolute atomic E-state index is 11.7. The molecule has 1 aliphatic heterocycles. The highest BCUT2D eigenvalue weighted by Gasteiger charge is 2.53. The number of rotatable bonds is 2. The molecule has 0 aromatic carbocycles. The van der Waals surface area contributed by atoms with Crippen molar-refractivity contribution in [2.24, 2.45) is 11.3 Å². The Bertz CT molecular complexity index is 305. The maximum atomic E-state index is 11.7. The van der Waals surface area contributed by atoms with Gasteiger partial charge in [0.05, 0.1) is 0 Å². The average Bonchev–Trinajstić information content (AvgIpc) is 2.73. The Kier molecular flexibility index (Phi) is 3.10. The van der Waals surface area contributed by atoms with Gasteiger partial charge in [-0.15, -0.1) is 0 Å². The van der Waals surface area contributed by atoms with Gasteiger partial charge in [0, 0.05) is 19.1 Å². The molecule has 1 amide bonds. The first-order valence-electron chi connectivity index (χ1n) is 6.53. The predicted molar refractivity (Wildman–Crippen MR) is 66.9 cm³/mol. The van der Waals surface area contributed by atoms with Crippen molar-refractivity contribution in [1.29, 1.82) is 0 Å². The van der Waals surface area contributed by atoms with Crippen LogP contribution in [-0.2, 0) is 4.74 Å². The van der Waals surface area contributed by atoms with Gasteiger partial charge in [0.25, 0.3) is 0 Å². The Morgan fingerprint density at radius 2 is 2.12 bits per heavy atom. The van der Waals surface area contributed by atoms with Crippen molar-refractivity contribution >= 4 is 6.09 Å². The number of carbonyl (C=O) groups excluding carboxylic acids is 1. The van der Waals surface area contributed by atoms with Gasteiger partial charge in [-0.05, 0) is 51.9 Å². The highest BCUT2D eigenvalue weighted by atomic mass is 16.6. The minimum absolute atomic E-state index is 0.183. The second kappa shape index (κ2) is 4.16. The molecule has 2 rings (SSSR count). The highest BCUT2D eigenvalue weighted by molar-refractivity contribution is 5.68. The van der Waals surface area contributed by atoms with Crippen LogP contribution in [0.4, 0.5) is 4.79 Å². The van der Waals surface area contributed by atoms with Crippen LogP contribution in [0.25, 0.3) is 0 Å². The average molecular weight is 240 g/mol. The van der Waals surface area contributed by atoms with Gasteiger partial charge in [-0.1, -0.05) is 0 Å². The summed E-state index contributed by atoms with van der Waals surface area (Å²) in [6.07, 6.45) is 2.29. The zero-order valence-corrected chi connectivity index (χ0v) is 11.3. The Morgan fingerprint density at radius 1 is 1.47 bits per heavy atom. The minimum Gasteiger partial charge on any atom is -0.444 e. The number of hydrogen-bond donors (Lipinski definition) is 2. The molecule has 2 aliphatic rings. The van der Waals surface area contributed by atoms with E-state index in [1.54, 1.807) is 0 Å². The summed E-state index contributed by atoms with van der Waals surface area (Å²) in [5.74, 6) is 0.551. The Hall–Kier alpha value is -0.770. The molecule has 0 radical (unpaired) electrons. The summed E-state index contributed by atoms with van der Waals surface area (Å²) in [6.45, 7) is 9.86. The predicted octanol–water partition coefficient (Wildman–Crippen LogP) is 1.90. The van der Waals surface area contributed by atoms with Crippen molar-refractivity contribution < 1.29 is 9.53 Å². The molecule has 17 heavy (non-hydrogen) atoms. The van der Waals surface area contributed by atoms with Crippen LogP contribution in [0.3, 0.4) is 0 Å². The van der Waals surface area contributed by atoms with Crippen molar-refractivity contribution in [3.05, 3.63) is 0 Å². The molecule has 2 atom stereocenters. The lowest BCUT2D eigenvalue weighted by Gasteiger charge is -2.27. The molecule has 4 nitrogen and oxygen atoms in total. The Morgan fingerprint density at radius 3 is 2.65 bits per heavy atom. The SMILES string of the molecule is CC(NC(=O)OC(C)(C)C)C1CNCC12CC2. The van der Waals surface area contributed by atoms with E-state index in [1.165, 1.54) is 12.8 Å². The van der Waals surface area contributed by atoms with E-state index in [2.05, 4.69) is 17.6 Å². The first kappa shape index (κ1) is 12.7. The second-order valence-electron chi connectivity index (χ2n) is 6.53. The normalized spacial score (nSPS) is 27.9. The Balaban J connectivity index is 1.85. The lowest BCUT2D eigenvalue weighted by molar-refractivity contribution is 0.0485. The van der Waals surface area contributed by atoms with Crippen molar-refractivity contribution in [3.8, 4) is 0 Å². The molecule has 98 valence electrons. The number of ether oxygens (including phenoxy) is 1. The van der Waals surface area contributed by atoms with E-state index in [-0.39, 0.29) is 12.1 Å². The second-order valence-corrected chi connectivity index (χ2v) is 6.53. The molecule has 1 saturated carbocycles. The molecule has 1 heterocycles. The smallest absolute Gasteiger partial charge is 0.407 e. The summed E-state index contributed by atoms with van der Waals surface area (Å²) >= 11 is 0. The summed E-state index contributed by atoms with van der Waals surface area (Å²) in [5, 5.41) is 6.41. The number of nitrogens with one attached hydrogen (secondary N) is 2. The largest absolute Gasteiger partial charge is 0.444 e. The summed E-state index contributed by atoms with van der Waals surface area (Å²) in [7, 11) is 0. The molecule has 2 fully saturated rings. The summed E-state index contributed by atoms with van der Waals surface area (Å²) < 4.78 is 5.29. The summed E-state index contributed by atoms with van der Waals surface area (Å²) in [5.41, 5.74) is 0.0451. The first-order chi connectivity index (χ1) is 7.82. The van der Waals surface area contributed by atoms with Crippen molar-refractivity contribution in [2.75, 3.05) is 13.1 Å². The fraction of sp³-hybridized carbons (Fsp3) is 0.923. The van der Waals surface area contributed by atoms with Gasteiger partial charge in [-0.3, -0.25) is 0 Å². The summed E-state index contributed by atoms with van der Waals surface area (Å²) in [6, 6.07) is 0.183. The fourth-order valence-corrected chi connectivity index (χ4v) is 2.83. The molecule has 0 aromatic rings. The van der Waals surface area contributed by atoms with Crippen LogP contribution in [0.15, 0.2) is 0 Å². The zero-order valence-electron chi connectivity index (χ0n) is 11.3. The third-order valence-electron chi connectivity index (χ3n) is 3.87. The van der Waals surface area contributed by atoms with E-state index in [1.807, 2.05) is 20.8 Å². The van der Waals surface area contributed by atoms with Crippen molar-refractivity contribution in [1.82, 2.24) is 10.6 Å². The molecule has 2 unspecified atom stereocenters. The molecule has 1 spiro atoms. The Labute approximate surface area is 103 Å². The third kappa shape index (κ3) is 2.92. The lowest BCUT2D eigenvalue weighted by Crippen LogP contribution is -2.43. The van der Waals surface area contributed by atoms with Crippen molar-refractivity contribution in [2.45, 2.75) is 52.2 Å². The van der Waals surface area contributed by atoms with Crippen LogP contribution in [0.5, 0.6) is 0 Å². The van der Waals surface area contributed by atoms with Crippen LogP contribution >= 0.6 is 0 Å². The van der Waals surface area contributed by atoms with E-state index in [4.69, 9.17) is 4.74 Å². The van der Waals surface area contributed by atoms with E-state index >= 15 is 0 Å². The fourth-order valence-electron chi connectivity index (χ4n) is 2.83. The van der Waals surface area contributed by atoms with E-state index < -0.39 is 5.60 Å². The minimum atomic E-state index is -0.422. The van der Waals surface area contributed by atoms with Gasteiger partial charge >= 0.3 is 6.09 Å². The van der Waals surface area contributed by atoms with Crippen molar-refractivity contribution in [3.63, 3.8) is 0 Å². The summed E-state index contributed by atoms with van der Waals surface area (Å²) in [4.78, 5) is 11.7. The van der Waals surface area contributed by atoms with Gasteiger partial charge in [0.1, 0.15) is 5.60 Å². The first-order valence-corrected chi connectivity index (χ1v) is 6.53. The van der Waals surface area contributed by atoms with Crippen LogP contribution in [-0.4, -0.2) is 30.8 Å². The quantitative estimate of drug-likeness (QED) is 0.775. The monoisotopic (exact) mass is 240 g/mol.